The molecule has 1 N–H and O–H groups in total. The van der Waals surface area contributed by atoms with Crippen LogP contribution in [0, 0.1) is 0 Å². The molecule has 2 fully saturated rings. The smallest absolute Gasteiger partial charge is 0.147 e. The highest BCUT2D eigenvalue weighted by atomic mass is 32.1. The third kappa shape index (κ3) is 1.62. The summed E-state index contributed by atoms with van der Waals surface area (Å²) in [6.45, 7) is 2.15. The van der Waals surface area contributed by atoms with Crippen LogP contribution in [0.1, 0.15) is 6.42 Å². The first kappa shape index (κ1) is 10.5. The van der Waals surface area contributed by atoms with Crippen LogP contribution in [0.25, 0.3) is 11.3 Å². The molecular formula is C13H14N4S. The molecule has 5 heteroatoms. The van der Waals surface area contributed by atoms with E-state index in [0.29, 0.717) is 12.1 Å². The molecule has 0 aromatic carbocycles. The fraction of sp³-hybridized carbons (Fsp3) is 0.385. The van der Waals surface area contributed by atoms with Gasteiger partial charge in [0.25, 0.3) is 0 Å². The van der Waals surface area contributed by atoms with Gasteiger partial charge in [0, 0.05) is 36.1 Å². The molecule has 2 atom stereocenters. The Morgan fingerprint density at radius 1 is 1.33 bits per heavy atom. The molecule has 4 heterocycles. The molecule has 2 bridgehead atoms. The average molecular weight is 258 g/mol. The molecule has 4 rings (SSSR count). The summed E-state index contributed by atoms with van der Waals surface area (Å²) in [4.78, 5) is 11.5. The highest BCUT2D eigenvalue weighted by Gasteiger charge is 2.38. The van der Waals surface area contributed by atoms with Crippen LogP contribution in [0.15, 0.2) is 29.2 Å². The van der Waals surface area contributed by atoms with Crippen LogP contribution in [0.3, 0.4) is 0 Å². The van der Waals surface area contributed by atoms with Crippen molar-refractivity contribution in [2.45, 2.75) is 18.5 Å². The number of aromatic nitrogens is 2. The van der Waals surface area contributed by atoms with Crippen LogP contribution in [-0.2, 0) is 0 Å². The monoisotopic (exact) mass is 258 g/mol. The third-order valence-electron chi connectivity index (χ3n) is 3.81. The molecule has 2 saturated heterocycles. The minimum absolute atomic E-state index is 0.608. The Morgan fingerprint density at radius 2 is 2.33 bits per heavy atom. The highest BCUT2D eigenvalue weighted by molar-refractivity contribution is 7.08. The number of nitrogens with zero attached hydrogens (tertiary/aromatic N) is 3. The van der Waals surface area contributed by atoms with E-state index in [2.05, 4.69) is 37.0 Å². The summed E-state index contributed by atoms with van der Waals surface area (Å²) < 4.78 is 0. The maximum absolute atomic E-state index is 4.58. The summed E-state index contributed by atoms with van der Waals surface area (Å²) in [5.74, 6) is 1.02. The maximum atomic E-state index is 4.58. The lowest BCUT2D eigenvalue weighted by atomic mass is 10.2. The van der Waals surface area contributed by atoms with E-state index in [4.69, 9.17) is 0 Å². The second-order valence-electron chi connectivity index (χ2n) is 4.92. The summed E-state index contributed by atoms with van der Waals surface area (Å²) in [6.07, 6.45) is 5.04. The number of fused-ring (bicyclic) bond motifs is 2. The second kappa shape index (κ2) is 4.03. The molecule has 2 aromatic rings. The van der Waals surface area contributed by atoms with E-state index in [-0.39, 0.29) is 0 Å². The Hall–Kier alpha value is -1.46. The fourth-order valence-corrected chi connectivity index (χ4v) is 3.52. The van der Waals surface area contributed by atoms with Crippen LogP contribution in [0.5, 0.6) is 0 Å². The third-order valence-corrected chi connectivity index (χ3v) is 4.49. The summed E-state index contributed by atoms with van der Waals surface area (Å²) in [6, 6.07) is 3.33. The molecule has 0 aliphatic carbocycles. The van der Waals surface area contributed by atoms with Gasteiger partial charge in [0.2, 0.25) is 0 Å². The molecular weight excluding hydrogens is 244 g/mol. The van der Waals surface area contributed by atoms with Gasteiger partial charge in [-0.1, -0.05) is 0 Å². The van der Waals surface area contributed by atoms with Crippen LogP contribution in [0.2, 0.25) is 0 Å². The van der Waals surface area contributed by atoms with E-state index in [9.17, 15) is 0 Å². The minimum Gasteiger partial charge on any atom is -0.349 e. The first-order chi connectivity index (χ1) is 8.90. The van der Waals surface area contributed by atoms with Crippen LogP contribution < -0.4 is 10.2 Å². The molecule has 0 unspecified atom stereocenters. The van der Waals surface area contributed by atoms with Gasteiger partial charge in [-0.15, -0.1) is 0 Å². The highest BCUT2D eigenvalue weighted by Crippen LogP contribution is 2.28. The lowest BCUT2D eigenvalue weighted by Gasteiger charge is -2.28. The van der Waals surface area contributed by atoms with E-state index < -0.39 is 0 Å². The van der Waals surface area contributed by atoms with Crippen LogP contribution in [0.4, 0.5) is 5.82 Å². The van der Waals surface area contributed by atoms with Crippen molar-refractivity contribution in [1.82, 2.24) is 15.3 Å². The molecule has 2 aliphatic rings. The number of hydrogen-bond donors (Lipinski definition) is 1. The topological polar surface area (TPSA) is 41.1 Å². The van der Waals surface area contributed by atoms with E-state index in [1.165, 1.54) is 6.42 Å². The first-order valence-corrected chi connectivity index (χ1v) is 7.19. The van der Waals surface area contributed by atoms with Crippen molar-refractivity contribution in [1.29, 1.82) is 0 Å². The van der Waals surface area contributed by atoms with Gasteiger partial charge >= 0.3 is 0 Å². The zero-order valence-corrected chi connectivity index (χ0v) is 10.7. The Balaban J connectivity index is 1.60. The lowest BCUT2D eigenvalue weighted by molar-refractivity contribution is 0.576. The number of hydrogen-bond acceptors (Lipinski definition) is 5. The quantitative estimate of drug-likeness (QED) is 0.891. The Bertz CT molecular complexity index is 537. The van der Waals surface area contributed by atoms with Crippen molar-refractivity contribution >= 4 is 17.2 Å². The molecule has 2 aliphatic heterocycles. The molecule has 18 heavy (non-hydrogen) atoms. The molecule has 0 amide bonds. The van der Waals surface area contributed by atoms with Gasteiger partial charge in [0.15, 0.2) is 0 Å². The second-order valence-corrected chi connectivity index (χ2v) is 5.70. The Labute approximate surface area is 110 Å². The van der Waals surface area contributed by atoms with Crippen molar-refractivity contribution in [2.75, 3.05) is 18.0 Å². The normalized spacial score (nSPS) is 25.9. The maximum Gasteiger partial charge on any atom is 0.147 e. The number of anilines is 1. The van der Waals surface area contributed by atoms with Crippen molar-refractivity contribution < 1.29 is 0 Å². The molecule has 2 aromatic heterocycles. The first-order valence-electron chi connectivity index (χ1n) is 6.25. The van der Waals surface area contributed by atoms with Crippen LogP contribution in [-0.4, -0.2) is 35.1 Å². The molecule has 92 valence electrons. The van der Waals surface area contributed by atoms with Gasteiger partial charge in [-0.2, -0.15) is 11.3 Å². The molecule has 0 spiro atoms. The Kier molecular flexibility index (Phi) is 2.34. The van der Waals surface area contributed by atoms with Crippen molar-refractivity contribution in [3.05, 3.63) is 29.2 Å². The summed E-state index contributed by atoms with van der Waals surface area (Å²) in [7, 11) is 0. The van der Waals surface area contributed by atoms with E-state index in [0.717, 1.165) is 30.2 Å². The zero-order valence-electron chi connectivity index (χ0n) is 9.91. The Morgan fingerprint density at radius 3 is 2.94 bits per heavy atom. The number of rotatable bonds is 2. The van der Waals surface area contributed by atoms with Gasteiger partial charge in [-0.05, 0) is 17.9 Å². The molecule has 4 nitrogen and oxygen atoms in total. The van der Waals surface area contributed by atoms with Crippen molar-refractivity contribution in [3.63, 3.8) is 0 Å². The summed E-state index contributed by atoms with van der Waals surface area (Å²) in [5, 5.41) is 7.67. The SMILES string of the molecule is c1cc(-c2cnc(N3C[C@@H]4C[C@H]3CN4)cn2)cs1. The average Bonchev–Trinajstić information content (AvgIpc) is 3.16. The van der Waals surface area contributed by atoms with Crippen molar-refractivity contribution in [2.24, 2.45) is 0 Å². The van der Waals surface area contributed by atoms with Crippen molar-refractivity contribution in [3.8, 4) is 11.3 Å². The lowest BCUT2D eigenvalue weighted by Crippen LogP contribution is -2.44. The van der Waals surface area contributed by atoms with Gasteiger partial charge in [0.1, 0.15) is 5.82 Å². The number of nitrogens with one attached hydrogen (secondary N) is 1. The summed E-state index contributed by atoms with van der Waals surface area (Å²) >= 11 is 1.69. The van der Waals surface area contributed by atoms with Gasteiger partial charge in [0.05, 0.1) is 18.1 Å². The predicted octanol–water partition coefficient (Wildman–Crippen LogP) is 1.76. The fourth-order valence-electron chi connectivity index (χ4n) is 2.87. The number of piperazine rings is 1. The van der Waals surface area contributed by atoms with Crippen LogP contribution >= 0.6 is 11.3 Å². The van der Waals surface area contributed by atoms with Gasteiger partial charge in [-0.3, -0.25) is 4.98 Å². The minimum atomic E-state index is 0.608. The predicted molar refractivity (Wildman–Crippen MR) is 72.9 cm³/mol. The standard InChI is InChI=1S/C13H14N4S/c1-2-18-8-9(1)12-5-16-13(6-15-12)17-7-10-3-11(17)4-14-10/h1-2,5-6,8,10-11,14H,3-4,7H2/t10-,11-/m0/s1. The molecule has 0 radical (unpaired) electrons. The van der Waals surface area contributed by atoms with Gasteiger partial charge in [-0.25, -0.2) is 4.98 Å². The van der Waals surface area contributed by atoms with E-state index in [1.807, 2.05) is 12.4 Å². The van der Waals surface area contributed by atoms with E-state index >= 15 is 0 Å². The van der Waals surface area contributed by atoms with Gasteiger partial charge < -0.3 is 10.2 Å². The number of thiophene rings is 1. The largest absolute Gasteiger partial charge is 0.349 e. The zero-order chi connectivity index (χ0) is 11.9. The van der Waals surface area contributed by atoms with E-state index in [1.54, 1.807) is 11.3 Å². The molecule has 0 saturated carbocycles. The summed E-state index contributed by atoms with van der Waals surface area (Å²) in [5.41, 5.74) is 2.12.